The third kappa shape index (κ3) is 1.90. The van der Waals surface area contributed by atoms with Gasteiger partial charge in [-0.2, -0.15) is 5.26 Å². The Hall–Kier alpha value is -2.80. The van der Waals surface area contributed by atoms with Crippen molar-refractivity contribution in [3.8, 4) is 6.07 Å². The summed E-state index contributed by atoms with van der Waals surface area (Å²) < 4.78 is 15.0. The minimum atomic E-state index is -2.34. The van der Waals surface area contributed by atoms with Gasteiger partial charge in [-0.3, -0.25) is 0 Å². The Balaban J connectivity index is 2.19. The summed E-state index contributed by atoms with van der Waals surface area (Å²) >= 11 is 0. The van der Waals surface area contributed by atoms with Crippen LogP contribution in [0.15, 0.2) is 60.8 Å². The predicted molar refractivity (Wildman–Crippen MR) is 73.5 cm³/mol. The summed E-state index contributed by atoms with van der Waals surface area (Å²) in [6, 6.07) is 17.2. The van der Waals surface area contributed by atoms with Gasteiger partial charge in [0.2, 0.25) is 0 Å². The van der Waals surface area contributed by atoms with E-state index < -0.39 is 5.67 Å². The van der Waals surface area contributed by atoms with Crippen molar-refractivity contribution >= 4 is 10.9 Å². The van der Waals surface area contributed by atoms with Crippen molar-refractivity contribution in [1.29, 1.82) is 5.26 Å². The Kier molecular flexibility index (Phi) is 2.88. The summed E-state index contributed by atoms with van der Waals surface area (Å²) in [6.07, 6.45) is 1.53. The molecule has 0 bridgehead atoms. The lowest BCUT2D eigenvalue weighted by molar-refractivity contribution is 0.288. The van der Waals surface area contributed by atoms with Crippen LogP contribution in [0.25, 0.3) is 10.9 Å². The average Bonchev–Trinajstić information content (AvgIpc) is 2.54. The molecule has 0 amide bonds. The first kappa shape index (κ1) is 12.2. The highest BCUT2D eigenvalue weighted by Crippen LogP contribution is 2.31. The molecule has 0 saturated heterocycles. The highest BCUT2D eigenvalue weighted by atomic mass is 19.1. The highest BCUT2D eigenvalue weighted by molar-refractivity contribution is 5.77. The molecule has 0 saturated carbocycles. The van der Waals surface area contributed by atoms with Crippen LogP contribution in [0.1, 0.15) is 11.4 Å². The van der Waals surface area contributed by atoms with Gasteiger partial charge in [-0.05, 0) is 6.07 Å². The minimum Gasteiger partial charge on any atom is -0.236 e. The molecule has 1 atom stereocenters. The molecule has 3 nitrogen and oxygen atoms in total. The van der Waals surface area contributed by atoms with E-state index in [9.17, 15) is 5.26 Å². The Morgan fingerprint density at radius 3 is 2.45 bits per heavy atom. The zero-order valence-corrected chi connectivity index (χ0v) is 10.5. The van der Waals surface area contributed by atoms with Crippen molar-refractivity contribution < 1.29 is 4.39 Å². The molecule has 1 aromatic heterocycles. The first-order chi connectivity index (χ1) is 9.74. The zero-order valence-electron chi connectivity index (χ0n) is 10.5. The number of halogens is 1. The molecule has 0 aliphatic heterocycles. The standard InChI is InChI=1S/C16H10FN3/c17-16(11-18,13-7-2-1-3-8-13)15-19-10-12-6-4-5-9-14(12)20-15/h1-10H. The first-order valence-electron chi connectivity index (χ1n) is 6.12. The van der Waals surface area contributed by atoms with E-state index in [-0.39, 0.29) is 11.4 Å². The van der Waals surface area contributed by atoms with E-state index in [4.69, 9.17) is 0 Å². The molecular weight excluding hydrogens is 253 g/mol. The van der Waals surface area contributed by atoms with Crippen molar-refractivity contribution in [2.45, 2.75) is 5.67 Å². The number of rotatable bonds is 2. The van der Waals surface area contributed by atoms with Gasteiger partial charge in [0.05, 0.1) is 5.52 Å². The van der Waals surface area contributed by atoms with Gasteiger partial charge in [0.1, 0.15) is 6.07 Å². The van der Waals surface area contributed by atoms with Crippen LogP contribution in [0.3, 0.4) is 0 Å². The van der Waals surface area contributed by atoms with Crippen LogP contribution in [-0.4, -0.2) is 9.97 Å². The van der Waals surface area contributed by atoms with E-state index in [1.54, 1.807) is 42.5 Å². The second kappa shape index (κ2) is 4.71. The zero-order chi connectivity index (χ0) is 14.0. The molecule has 3 aromatic rings. The quantitative estimate of drug-likeness (QED) is 0.712. The van der Waals surface area contributed by atoms with E-state index >= 15 is 4.39 Å². The predicted octanol–water partition coefficient (Wildman–Crippen LogP) is 3.37. The highest BCUT2D eigenvalue weighted by Gasteiger charge is 2.37. The van der Waals surface area contributed by atoms with Crippen LogP contribution in [0.2, 0.25) is 0 Å². The van der Waals surface area contributed by atoms with Crippen LogP contribution < -0.4 is 0 Å². The molecule has 0 fully saturated rings. The number of aromatic nitrogens is 2. The monoisotopic (exact) mass is 263 g/mol. The molecule has 0 spiro atoms. The molecule has 1 unspecified atom stereocenters. The fraction of sp³-hybridized carbons (Fsp3) is 0.0625. The minimum absolute atomic E-state index is 0.134. The number of hydrogen-bond donors (Lipinski definition) is 0. The van der Waals surface area contributed by atoms with Crippen LogP contribution in [0, 0.1) is 11.3 Å². The molecule has 3 rings (SSSR count). The summed E-state index contributed by atoms with van der Waals surface area (Å²) in [6.45, 7) is 0. The van der Waals surface area contributed by atoms with Crippen molar-refractivity contribution in [2.24, 2.45) is 0 Å². The van der Waals surface area contributed by atoms with Gasteiger partial charge >= 0.3 is 0 Å². The van der Waals surface area contributed by atoms with E-state index in [1.807, 2.05) is 18.2 Å². The SMILES string of the molecule is N#CC(F)(c1ccccc1)c1ncc2ccccc2n1. The molecule has 0 aliphatic carbocycles. The molecule has 4 heteroatoms. The van der Waals surface area contributed by atoms with Crippen LogP contribution in [-0.2, 0) is 5.67 Å². The van der Waals surface area contributed by atoms with E-state index in [0.717, 1.165) is 5.39 Å². The number of hydrogen-bond acceptors (Lipinski definition) is 3. The van der Waals surface area contributed by atoms with Gasteiger partial charge < -0.3 is 0 Å². The van der Waals surface area contributed by atoms with E-state index in [2.05, 4.69) is 9.97 Å². The molecule has 0 radical (unpaired) electrons. The first-order valence-corrected chi connectivity index (χ1v) is 6.12. The Morgan fingerprint density at radius 2 is 1.70 bits per heavy atom. The third-order valence-electron chi connectivity index (χ3n) is 3.12. The van der Waals surface area contributed by atoms with E-state index in [1.165, 1.54) is 6.20 Å². The average molecular weight is 263 g/mol. The fourth-order valence-corrected chi connectivity index (χ4v) is 2.05. The molecule has 1 heterocycles. The van der Waals surface area contributed by atoms with Crippen LogP contribution >= 0.6 is 0 Å². The molecule has 2 aromatic carbocycles. The maximum absolute atomic E-state index is 15.0. The van der Waals surface area contributed by atoms with Crippen molar-refractivity contribution in [1.82, 2.24) is 9.97 Å². The van der Waals surface area contributed by atoms with Gasteiger partial charge in [0, 0.05) is 17.1 Å². The second-order valence-corrected chi connectivity index (χ2v) is 4.39. The lowest BCUT2D eigenvalue weighted by Gasteiger charge is -2.16. The smallest absolute Gasteiger partial charge is 0.236 e. The second-order valence-electron chi connectivity index (χ2n) is 4.39. The summed E-state index contributed by atoms with van der Waals surface area (Å²) in [4.78, 5) is 8.20. The lowest BCUT2D eigenvalue weighted by Crippen LogP contribution is -2.22. The van der Waals surface area contributed by atoms with Crippen molar-refractivity contribution in [2.75, 3.05) is 0 Å². The third-order valence-corrected chi connectivity index (χ3v) is 3.12. The summed E-state index contributed by atoms with van der Waals surface area (Å²) in [5.74, 6) is -0.134. The maximum atomic E-state index is 15.0. The van der Waals surface area contributed by atoms with Gasteiger partial charge in [0.15, 0.2) is 5.82 Å². The molecule has 0 aliphatic rings. The fourth-order valence-electron chi connectivity index (χ4n) is 2.05. The lowest BCUT2D eigenvalue weighted by atomic mass is 9.96. The van der Waals surface area contributed by atoms with Crippen LogP contribution in [0.5, 0.6) is 0 Å². The van der Waals surface area contributed by atoms with Gasteiger partial charge in [-0.25, -0.2) is 14.4 Å². The topological polar surface area (TPSA) is 49.6 Å². The number of nitriles is 1. The van der Waals surface area contributed by atoms with E-state index in [0.29, 0.717) is 5.52 Å². The Morgan fingerprint density at radius 1 is 1.00 bits per heavy atom. The number of fused-ring (bicyclic) bond motifs is 1. The normalized spacial score (nSPS) is 13.6. The summed E-state index contributed by atoms with van der Waals surface area (Å²) in [7, 11) is 0. The Labute approximate surface area is 115 Å². The number of benzene rings is 2. The summed E-state index contributed by atoms with van der Waals surface area (Å²) in [5, 5.41) is 10.1. The summed E-state index contributed by atoms with van der Waals surface area (Å²) in [5.41, 5.74) is -1.49. The molecule has 96 valence electrons. The Bertz CT molecular complexity index is 795. The molecular formula is C16H10FN3. The number of nitrogens with zero attached hydrogens (tertiary/aromatic N) is 3. The number of alkyl halides is 1. The molecule has 20 heavy (non-hydrogen) atoms. The van der Waals surface area contributed by atoms with Crippen molar-refractivity contribution in [3.05, 3.63) is 72.2 Å². The van der Waals surface area contributed by atoms with Gasteiger partial charge in [0.25, 0.3) is 5.67 Å². The number of para-hydroxylation sites is 1. The maximum Gasteiger partial charge on any atom is 0.279 e. The van der Waals surface area contributed by atoms with Gasteiger partial charge in [-0.15, -0.1) is 0 Å². The van der Waals surface area contributed by atoms with Crippen LogP contribution in [0.4, 0.5) is 4.39 Å². The molecule has 0 N–H and O–H groups in total. The largest absolute Gasteiger partial charge is 0.279 e. The van der Waals surface area contributed by atoms with Gasteiger partial charge in [-0.1, -0.05) is 48.5 Å². The van der Waals surface area contributed by atoms with Crippen molar-refractivity contribution in [3.63, 3.8) is 0 Å².